The number of hydrogen-bond acceptors (Lipinski definition) is 6. The molecule has 1 heterocycles. The van der Waals surface area contributed by atoms with Crippen LogP contribution in [0.5, 0.6) is 5.75 Å². The number of β-amino-alcohol motifs (C(OH)–C–C–N with tert-alkyl or cyclic N) is 1. The molecule has 1 aliphatic rings. The van der Waals surface area contributed by atoms with Crippen LogP contribution in [0.3, 0.4) is 0 Å². The monoisotopic (exact) mass is 532 g/mol. The van der Waals surface area contributed by atoms with E-state index in [9.17, 15) is 23.0 Å². The molecule has 1 fully saturated rings. The molecule has 3 atom stereocenters. The maximum absolute atomic E-state index is 13.9. The second-order valence-corrected chi connectivity index (χ2v) is 9.96. The molecule has 1 unspecified atom stereocenters. The zero-order valence-electron chi connectivity index (χ0n) is 15.3. The summed E-state index contributed by atoms with van der Waals surface area (Å²) < 4.78 is 47.4. The maximum atomic E-state index is 13.9. The van der Waals surface area contributed by atoms with Crippen molar-refractivity contribution in [1.82, 2.24) is 4.31 Å². The van der Waals surface area contributed by atoms with Gasteiger partial charge in [-0.3, -0.25) is 0 Å². The Morgan fingerprint density at radius 2 is 2.00 bits per heavy atom. The van der Waals surface area contributed by atoms with E-state index in [0.717, 1.165) is 13.9 Å². The summed E-state index contributed by atoms with van der Waals surface area (Å²) >= 11 is 2.06. The fourth-order valence-corrected chi connectivity index (χ4v) is 4.94. The largest absolute Gasteiger partial charge is 0.486 e. The molecule has 0 radical (unpaired) electrons. The van der Waals surface area contributed by atoms with Gasteiger partial charge in [-0.15, -0.1) is 0 Å². The van der Waals surface area contributed by atoms with E-state index in [4.69, 9.17) is 10.00 Å². The van der Waals surface area contributed by atoms with E-state index in [2.05, 4.69) is 22.6 Å². The molecule has 0 saturated carbocycles. The minimum atomic E-state index is -3.94. The molecule has 1 aliphatic heterocycles. The highest BCUT2D eigenvalue weighted by molar-refractivity contribution is 14.1. The predicted molar refractivity (Wildman–Crippen MR) is 110 cm³/mol. The molecule has 10 heteroatoms. The van der Waals surface area contributed by atoms with Gasteiger partial charge in [0.2, 0.25) is 10.0 Å². The first-order chi connectivity index (χ1) is 13.6. The Hall–Kier alpha value is -1.78. The fourth-order valence-electron chi connectivity index (χ4n) is 3.10. The zero-order chi connectivity index (χ0) is 21.4. The SMILES string of the molecule is CC(O)[C@]1(O)CN(S(=O)(=O)c2ccc(I)cc2)C[C@@H]1Oc1ccc(C#N)c(F)c1. The highest BCUT2D eigenvalue weighted by Crippen LogP contribution is 2.33. The van der Waals surface area contributed by atoms with Crippen LogP contribution in [-0.2, 0) is 10.0 Å². The summed E-state index contributed by atoms with van der Waals surface area (Å²) in [6.45, 7) is 0.705. The van der Waals surface area contributed by atoms with Crippen LogP contribution in [0.4, 0.5) is 4.39 Å². The predicted octanol–water partition coefficient (Wildman–Crippen LogP) is 1.87. The third kappa shape index (κ3) is 4.24. The van der Waals surface area contributed by atoms with Gasteiger partial charge >= 0.3 is 0 Å². The van der Waals surface area contributed by atoms with Crippen molar-refractivity contribution in [2.24, 2.45) is 0 Å². The molecular weight excluding hydrogens is 514 g/mol. The standard InChI is InChI=1S/C19H18FIN2O5S/c1-12(24)19(25)11-23(29(26,27)16-6-3-14(21)4-7-16)10-18(19)28-15-5-2-13(9-22)17(20)8-15/h2-8,12,18,24-25H,10-11H2,1H3/t12?,18-,19+/m0/s1. The summed E-state index contributed by atoms with van der Waals surface area (Å²) in [4.78, 5) is 0.0518. The number of ether oxygens (including phenoxy) is 1. The average Bonchev–Trinajstić information content (AvgIpc) is 3.01. The fraction of sp³-hybridized carbons (Fsp3) is 0.316. The summed E-state index contributed by atoms with van der Waals surface area (Å²) in [6, 6.07) is 11.5. The number of aliphatic hydroxyl groups excluding tert-OH is 1. The molecule has 1 saturated heterocycles. The van der Waals surface area contributed by atoms with Gasteiger partial charge < -0.3 is 14.9 Å². The third-order valence-electron chi connectivity index (χ3n) is 4.87. The molecule has 2 aromatic rings. The Bertz CT molecular complexity index is 1060. The molecule has 0 spiro atoms. The molecule has 0 aliphatic carbocycles. The van der Waals surface area contributed by atoms with E-state index < -0.39 is 33.6 Å². The second-order valence-electron chi connectivity index (χ2n) is 6.78. The van der Waals surface area contributed by atoms with E-state index in [1.165, 1.54) is 31.2 Å². The van der Waals surface area contributed by atoms with Gasteiger partial charge in [0.15, 0.2) is 0 Å². The first-order valence-electron chi connectivity index (χ1n) is 8.60. The number of nitrogens with zero attached hydrogens (tertiary/aromatic N) is 2. The van der Waals surface area contributed by atoms with Crippen molar-refractivity contribution in [2.75, 3.05) is 13.1 Å². The molecule has 0 bridgehead atoms. The van der Waals surface area contributed by atoms with Crippen molar-refractivity contribution in [2.45, 2.75) is 29.6 Å². The number of halogens is 2. The lowest BCUT2D eigenvalue weighted by Gasteiger charge is -2.31. The van der Waals surface area contributed by atoms with Gasteiger partial charge in [-0.2, -0.15) is 9.57 Å². The molecule has 0 aromatic heterocycles. The van der Waals surface area contributed by atoms with Gasteiger partial charge in [0.05, 0.1) is 23.1 Å². The zero-order valence-corrected chi connectivity index (χ0v) is 18.3. The van der Waals surface area contributed by atoms with Crippen LogP contribution in [-0.4, -0.2) is 53.8 Å². The molecule has 29 heavy (non-hydrogen) atoms. The summed E-state index contributed by atoms with van der Waals surface area (Å²) in [6.07, 6.45) is -2.46. The Balaban J connectivity index is 1.90. The number of hydrogen-bond donors (Lipinski definition) is 2. The smallest absolute Gasteiger partial charge is 0.243 e. The van der Waals surface area contributed by atoms with E-state index in [0.29, 0.717) is 0 Å². The van der Waals surface area contributed by atoms with Crippen molar-refractivity contribution in [3.8, 4) is 11.8 Å². The van der Waals surface area contributed by atoms with Crippen LogP contribution in [0.2, 0.25) is 0 Å². The minimum absolute atomic E-state index is 0.0130. The summed E-state index contributed by atoms with van der Waals surface area (Å²) in [5.74, 6) is -0.786. The average molecular weight is 532 g/mol. The van der Waals surface area contributed by atoms with Gasteiger partial charge in [-0.05, 0) is 65.9 Å². The van der Waals surface area contributed by atoms with E-state index >= 15 is 0 Å². The Labute approximate surface area is 181 Å². The van der Waals surface area contributed by atoms with Crippen LogP contribution in [0.1, 0.15) is 12.5 Å². The highest BCUT2D eigenvalue weighted by atomic mass is 127. The first-order valence-corrected chi connectivity index (χ1v) is 11.1. The van der Waals surface area contributed by atoms with Crippen LogP contribution in [0.15, 0.2) is 47.4 Å². The second kappa shape index (κ2) is 8.16. The van der Waals surface area contributed by atoms with Crippen molar-refractivity contribution in [3.63, 3.8) is 0 Å². The van der Waals surface area contributed by atoms with Crippen LogP contribution < -0.4 is 4.74 Å². The van der Waals surface area contributed by atoms with E-state index in [1.54, 1.807) is 18.2 Å². The van der Waals surface area contributed by atoms with Gasteiger partial charge in [0.1, 0.15) is 29.3 Å². The van der Waals surface area contributed by atoms with Gasteiger partial charge in [0, 0.05) is 16.2 Å². The molecular formula is C19H18FIN2O5S. The number of rotatable bonds is 5. The van der Waals surface area contributed by atoms with Crippen molar-refractivity contribution >= 4 is 32.6 Å². The Morgan fingerprint density at radius 3 is 2.55 bits per heavy atom. The van der Waals surface area contributed by atoms with Crippen LogP contribution in [0.25, 0.3) is 0 Å². The molecule has 0 amide bonds. The van der Waals surface area contributed by atoms with Gasteiger partial charge in [-0.1, -0.05) is 0 Å². The van der Waals surface area contributed by atoms with Gasteiger partial charge in [-0.25, -0.2) is 12.8 Å². The van der Waals surface area contributed by atoms with Crippen molar-refractivity contribution in [1.29, 1.82) is 5.26 Å². The van der Waals surface area contributed by atoms with Crippen LogP contribution >= 0.6 is 22.6 Å². The number of aliphatic hydroxyl groups is 2. The highest BCUT2D eigenvalue weighted by Gasteiger charge is 2.53. The molecule has 2 aromatic carbocycles. The molecule has 2 N–H and O–H groups in total. The molecule has 3 rings (SSSR count). The molecule has 7 nitrogen and oxygen atoms in total. The lowest BCUT2D eigenvalue weighted by molar-refractivity contribution is -0.104. The third-order valence-corrected chi connectivity index (χ3v) is 7.42. The van der Waals surface area contributed by atoms with E-state index in [-0.39, 0.29) is 29.3 Å². The van der Waals surface area contributed by atoms with Crippen LogP contribution in [0, 0.1) is 20.7 Å². The summed E-state index contributed by atoms with van der Waals surface area (Å²) in [7, 11) is -3.94. The number of benzene rings is 2. The molecule has 154 valence electrons. The van der Waals surface area contributed by atoms with Gasteiger partial charge in [0.25, 0.3) is 0 Å². The summed E-state index contributed by atoms with van der Waals surface area (Å²) in [5.41, 5.74) is -2.07. The lowest BCUT2D eigenvalue weighted by Crippen LogP contribution is -2.53. The maximum Gasteiger partial charge on any atom is 0.243 e. The Morgan fingerprint density at radius 1 is 1.34 bits per heavy atom. The number of sulfonamides is 1. The van der Waals surface area contributed by atoms with Crippen molar-refractivity contribution < 1.29 is 27.8 Å². The first kappa shape index (κ1) is 21.9. The quantitative estimate of drug-likeness (QED) is 0.570. The lowest BCUT2D eigenvalue weighted by atomic mass is 9.94. The Kier molecular flexibility index (Phi) is 6.16. The minimum Gasteiger partial charge on any atom is -0.486 e. The number of nitriles is 1. The summed E-state index contributed by atoms with van der Waals surface area (Å²) in [5, 5.41) is 29.9. The van der Waals surface area contributed by atoms with Crippen molar-refractivity contribution in [3.05, 3.63) is 57.4 Å². The topological polar surface area (TPSA) is 111 Å². The van der Waals surface area contributed by atoms with E-state index in [1.807, 2.05) is 0 Å². The normalized spacial score (nSPS) is 23.5.